The summed E-state index contributed by atoms with van der Waals surface area (Å²) in [6, 6.07) is 5.01. The van der Waals surface area contributed by atoms with Crippen LogP contribution in [0.2, 0.25) is 5.02 Å². The van der Waals surface area contributed by atoms with Crippen LogP contribution in [0.3, 0.4) is 0 Å². The van der Waals surface area contributed by atoms with Crippen molar-refractivity contribution in [2.75, 3.05) is 6.79 Å². The van der Waals surface area contributed by atoms with Crippen molar-refractivity contribution in [3.8, 4) is 28.8 Å². The van der Waals surface area contributed by atoms with E-state index in [2.05, 4.69) is 15.0 Å². The summed E-state index contributed by atoms with van der Waals surface area (Å²) in [5, 5.41) is 9.34. The Morgan fingerprint density at radius 1 is 1.23 bits per heavy atom. The largest absolute Gasteiger partial charge is 0.481 e. The minimum atomic E-state index is -0.765. The maximum Gasteiger partial charge on any atom is 0.306 e. The molecular weight excluding hydrogens is 417 g/mol. The van der Waals surface area contributed by atoms with Crippen LogP contribution in [0.1, 0.15) is 25.7 Å². The SMILES string of the molecule is O=C(O)[C@H]1CC[C@H](Oc2nc3cc(Cl)c(-c4ccc5c(c4F)OCO5)nc3[nH]2)CC1. The number of nitrogens with zero attached hydrogens (tertiary/aromatic N) is 2. The number of hydrogen-bond acceptors (Lipinski definition) is 6. The summed E-state index contributed by atoms with van der Waals surface area (Å²) < 4.78 is 31.1. The number of aliphatic carboxylic acids is 1. The molecule has 1 saturated carbocycles. The molecule has 0 bridgehead atoms. The summed E-state index contributed by atoms with van der Waals surface area (Å²) in [7, 11) is 0. The molecule has 0 saturated heterocycles. The molecule has 3 heterocycles. The monoisotopic (exact) mass is 433 g/mol. The van der Waals surface area contributed by atoms with Gasteiger partial charge in [-0.1, -0.05) is 11.6 Å². The first kappa shape index (κ1) is 18.9. The molecule has 0 amide bonds. The van der Waals surface area contributed by atoms with Gasteiger partial charge in [0.1, 0.15) is 11.6 Å². The average Bonchev–Trinajstić information content (AvgIpc) is 3.35. The number of imidazole rings is 1. The molecule has 0 radical (unpaired) electrons. The smallest absolute Gasteiger partial charge is 0.306 e. The lowest BCUT2D eigenvalue weighted by atomic mass is 9.87. The number of nitrogens with one attached hydrogen (secondary N) is 1. The second-order valence-electron chi connectivity index (χ2n) is 7.32. The molecule has 0 atom stereocenters. The molecule has 0 spiro atoms. The fourth-order valence-electron chi connectivity index (χ4n) is 3.85. The second-order valence-corrected chi connectivity index (χ2v) is 7.73. The summed E-state index contributed by atoms with van der Waals surface area (Å²) in [4.78, 5) is 22.9. The molecule has 1 aromatic carbocycles. The van der Waals surface area contributed by atoms with Gasteiger partial charge in [0.15, 0.2) is 17.2 Å². The fourth-order valence-corrected chi connectivity index (χ4v) is 4.09. The van der Waals surface area contributed by atoms with E-state index in [1.165, 1.54) is 6.07 Å². The topological polar surface area (TPSA) is 107 Å². The van der Waals surface area contributed by atoms with E-state index < -0.39 is 11.8 Å². The van der Waals surface area contributed by atoms with Gasteiger partial charge in [-0.2, -0.15) is 4.98 Å². The minimum absolute atomic E-state index is 0.0362. The van der Waals surface area contributed by atoms with Gasteiger partial charge in [-0.3, -0.25) is 9.78 Å². The van der Waals surface area contributed by atoms with Gasteiger partial charge in [0.05, 0.1) is 16.6 Å². The third-order valence-corrected chi connectivity index (χ3v) is 5.73. The summed E-state index contributed by atoms with van der Waals surface area (Å²) in [6.45, 7) is -0.0362. The third-order valence-electron chi connectivity index (χ3n) is 5.44. The quantitative estimate of drug-likeness (QED) is 0.635. The first-order valence-corrected chi connectivity index (χ1v) is 9.91. The molecule has 0 unspecified atom stereocenters. The number of ether oxygens (including phenoxy) is 3. The van der Waals surface area contributed by atoms with Gasteiger partial charge in [-0.05, 0) is 43.9 Å². The first-order chi connectivity index (χ1) is 14.5. The Morgan fingerprint density at radius 2 is 2.03 bits per heavy atom. The van der Waals surface area contributed by atoms with Crippen LogP contribution in [0.25, 0.3) is 22.4 Å². The molecule has 8 nitrogen and oxygen atoms in total. The highest BCUT2D eigenvalue weighted by molar-refractivity contribution is 6.33. The summed E-state index contributed by atoms with van der Waals surface area (Å²) in [6.07, 6.45) is 2.28. The third kappa shape index (κ3) is 3.28. The van der Waals surface area contributed by atoms with Crippen molar-refractivity contribution < 1.29 is 28.5 Å². The number of pyridine rings is 1. The lowest BCUT2D eigenvalue weighted by molar-refractivity contribution is -0.143. The number of hydrogen-bond donors (Lipinski definition) is 2. The van der Waals surface area contributed by atoms with Crippen molar-refractivity contribution in [1.82, 2.24) is 15.0 Å². The second kappa shape index (κ2) is 7.32. The van der Waals surface area contributed by atoms with Gasteiger partial charge in [0.25, 0.3) is 6.01 Å². The number of fused-ring (bicyclic) bond motifs is 2. The number of aromatic amines is 1. The summed E-state index contributed by atoms with van der Waals surface area (Å²) in [5.74, 6) is -1.30. The van der Waals surface area contributed by atoms with Crippen LogP contribution in [0.4, 0.5) is 4.39 Å². The number of carboxylic acid groups (broad SMARTS) is 1. The number of rotatable bonds is 4. The molecule has 10 heteroatoms. The predicted molar refractivity (Wildman–Crippen MR) is 104 cm³/mol. The van der Waals surface area contributed by atoms with E-state index in [4.69, 9.17) is 30.9 Å². The number of benzene rings is 1. The standard InChI is InChI=1S/C20H17ClFN3O5/c21-12-7-13-18(24-16(12)11-5-6-14-17(15(11)22)29-8-28-14)25-20(23-13)30-10-3-1-9(2-4-10)19(26)27/h5-7,9-10H,1-4,8H2,(H,26,27)(H,23,24,25)/t9-,10-. The number of H-pyrrole nitrogens is 1. The lowest BCUT2D eigenvalue weighted by Gasteiger charge is -2.25. The lowest BCUT2D eigenvalue weighted by Crippen LogP contribution is -2.28. The maximum atomic E-state index is 14.8. The number of carboxylic acids is 1. The minimum Gasteiger partial charge on any atom is -0.481 e. The number of halogens is 2. The van der Waals surface area contributed by atoms with Crippen LogP contribution in [0, 0.1) is 11.7 Å². The summed E-state index contributed by atoms with van der Waals surface area (Å²) in [5.41, 5.74) is 1.33. The first-order valence-electron chi connectivity index (χ1n) is 9.54. The molecule has 156 valence electrons. The zero-order chi connectivity index (χ0) is 20.8. The maximum absolute atomic E-state index is 14.8. The predicted octanol–water partition coefficient (Wildman–Crippen LogP) is 4.17. The van der Waals surface area contributed by atoms with Gasteiger partial charge in [0.2, 0.25) is 12.5 Å². The average molecular weight is 434 g/mol. The highest BCUT2D eigenvalue weighted by Crippen LogP contribution is 2.41. The van der Waals surface area contributed by atoms with Crippen molar-refractivity contribution in [2.24, 2.45) is 5.92 Å². The molecule has 5 rings (SSSR count). The zero-order valence-corrected chi connectivity index (χ0v) is 16.4. The van der Waals surface area contributed by atoms with E-state index in [0.29, 0.717) is 42.6 Å². The van der Waals surface area contributed by atoms with E-state index >= 15 is 0 Å². The van der Waals surface area contributed by atoms with Crippen molar-refractivity contribution in [3.05, 3.63) is 29.0 Å². The molecule has 2 aliphatic rings. The van der Waals surface area contributed by atoms with E-state index in [-0.39, 0.29) is 46.9 Å². The van der Waals surface area contributed by atoms with Crippen LogP contribution in [-0.4, -0.2) is 38.9 Å². The fraction of sp³-hybridized carbons (Fsp3) is 0.350. The van der Waals surface area contributed by atoms with Crippen molar-refractivity contribution in [3.63, 3.8) is 0 Å². The van der Waals surface area contributed by atoms with Gasteiger partial charge in [0, 0.05) is 5.56 Å². The van der Waals surface area contributed by atoms with Crippen LogP contribution in [0.5, 0.6) is 17.5 Å². The Morgan fingerprint density at radius 3 is 2.80 bits per heavy atom. The van der Waals surface area contributed by atoms with Crippen LogP contribution in [0.15, 0.2) is 18.2 Å². The van der Waals surface area contributed by atoms with Crippen molar-refractivity contribution in [1.29, 1.82) is 0 Å². The van der Waals surface area contributed by atoms with Crippen molar-refractivity contribution >= 4 is 28.7 Å². The van der Waals surface area contributed by atoms with Gasteiger partial charge < -0.3 is 19.3 Å². The van der Waals surface area contributed by atoms with E-state index in [1.807, 2.05) is 0 Å². The molecule has 3 aromatic rings. The van der Waals surface area contributed by atoms with Crippen LogP contribution >= 0.6 is 11.6 Å². The molecule has 1 fully saturated rings. The normalized spacial score (nSPS) is 20.5. The van der Waals surface area contributed by atoms with E-state index in [0.717, 1.165) is 0 Å². The Kier molecular flexibility index (Phi) is 4.62. The molecule has 1 aliphatic heterocycles. The highest BCUT2D eigenvalue weighted by Gasteiger charge is 2.28. The van der Waals surface area contributed by atoms with Gasteiger partial charge in [-0.25, -0.2) is 9.37 Å². The Labute approximate surface area is 174 Å². The van der Waals surface area contributed by atoms with Crippen LogP contribution < -0.4 is 14.2 Å². The Hall–Kier alpha value is -3.07. The molecule has 30 heavy (non-hydrogen) atoms. The Balaban J connectivity index is 1.41. The van der Waals surface area contributed by atoms with Gasteiger partial charge >= 0.3 is 5.97 Å². The molecular formula is C20H17ClFN3O5. The molecule has 2 N–H and O–H groups in total. The van der Waals surface area contributed by atoms with E-state index in [9.17, 15) is 9.18 Å². The van der Waals surface area contributed by atoms with Crippen LogP contribution in [-0.2, 0) is 4.79 Å². The number of carbonyl (C=O) groups is 1. The van der Waals surface area contributed by atoms with Gasteiger partial charge in [-0.15, -0.1) is 0 Å². The molecule has 2 aromatic heterocycles. The number of aromatic nitrogens is 3. The van der Waals surface area contributed by atoms with Crippen molar-refractivity contribution in [2.45, 2.75) is 31.8 Å². The molecule has 1 aliphatic carbocycles. The summed E-state index contributed by atoms with van der Waals surface area (Å²) >= 11 is 6.36. The van der Waals surface area contributed by atoms with E-state index in [1.54, 1.807) is 12.1 Å². The Bertz CT molecular complexity index is 1140. The zero-order valence-electron chi connectivity index (χ0n) is 15.7. The highest BCUT2D eigenvalue weighted by atomic mass is 35.5.